The van der Waals surface area contributed by atoms with Gasteiger partial charge in [0.2, 0.25) is 0 Å². The highest BCUT2D eigenvalue weighted by molar-refractivity contribution is 6.13. The summed E-state index contributed by atoms with van der Waals surface area (Å²) in [6, 6.07) is 13.2. The maximum Gasteiger partial charge on any atom is 0.329 e. The summed E-state index contributed by atoms with van der Waals surface area (Å²) < 4.78 is 13.7. The molecule has 0 bridgehead atoms. The molecule has 3 amide bonds. The lowest BCUT2D eigenvalue weighted by Crippen LogP contribution is -2.30. The number of nitrogens with zero attached hydrogens (tertiary/aromatic N) is 1. The Bertz CT molecular complexity index is 797. The molecule has 23 heavy (non-hydrogen) atoms. The van der Waals surface area contributed by atoms with Gasteiger partial charge >= 0.3 is 6.03 Å². The van der Waals surface area contributed by atoms with Crippen LogP contribution in [0.25, 0.3) is 6.08 Å². The second kappa shape index (κ2) is 6.04. The highest BCUT2D eigenvalue weighted by Crippen LogP contribution is 2.18. The number of carbonyl (C=O) groups excluding carboxylic acids is 2. The molecule has 0 atom stereocenters. The number of urea groups is 1. The minimum Gasteiger partial charge on any atom is -0.303 e. The monoisotopic (exact) mass is 310 g/mol. The Kier molecular flexibility index (Phi) is 3.93. The van der Waals surface area contributed by atoms with E-state index in [0.717, 1.165) is 16.0 Å². The van der Waals surface area contributed by atoms with E-state index in [4.69, 9.17) is 0 Å². The van der Waals surface area contributed by atoms with Gasteiger partial charge < -0.3 is 5.32 Å². The van der Waals surface area contributed by atoms with Gasteiger partial charge in [0.15, 0.2) is 0 Å². The number of hydrogen-bond acceptors (Lipinski definition) is 2. The third-order valence-corrected chi connectivity index (χ3v) is 3.63. The summed E-state index contributed by atoms with van der Waals surface area (Å²) in [6.45, 7) is 2.15. The van der Waals surface area contributed by atoms with E-state index in [2.05, 4.69) is 5.32 Å². The third-order valence-electron chi connectivity index (χ3n) is 3.63. The van der Waals surface area contributed by atoms with Gasteiger partial charge in [-0.3, -0.25) is 9.69 Å². The Morgan fingerprint density at radius 1 is 1.09 bits per heavy atom. The standard InChI is InChI=1S/C18H15FN2O2/c1-12-6-8-13(9-7-12)11-21-17(22)16(20-18(21)23)10-14-4-2-3-5-15(14)19/h2-10H,11H2,1H3,(H,20,23). The molecule has 116 valence electrons. The van der Waals surface area contributed by atoms with Crippen molar-refractivity contribution < 1.29 is 14.0 Å². The second-order valence-electron chi connectivity index (χ2n) is 5.39. The molecule has 1 N–H and O–H groups in total. The predicted octanol–water partition coefficient (Wildman–Crippen LogP) is 3.23. The Labute approximate surface area is 133 Å². The molecule has 0 aromatic heterocycles. The molecule has 0 unspecified atom stereocenters. The molecule has 2 aromatic carbocycles. The molecule has 4 nitrogen and oxygen atoms in total. The SMILES string of the molecule is Cc1ccc(CN2C(=O)NC(=Cc3ccccc3F)C2=O)cc1. The van der Waals surface area contributed by atoms with Gasteiger partial charge in [0.1, 0.15) is 11.5 Å². The van der Waals surface area contributed by atoms with Crippen molar-refractivity contribution in [3.05, 3.63) is 76.7 Å². The summed E-state index contributed by atoms with van der Waals surface area (Å²) in [7, 11) is 0. The quantitative estimate of drug-likeness (QED) is 0.699. The number of halogens is 1. The first-order valence-corrected chi connectivity index (χ1v) is 7.19. The van der Waals surface area contributed by atoms with Gasteiger partial charge in [-0.25, -0.2) is 9.18 Å². The van der Waals surface area contributed by atoms with E-state index in [-0.39, 0.29) is 17.8 Å². The smallest absolute Gasteiger partial charge is 0.303 e. The van der Waals surface area contributed by atoms with Crippen molar-refractivity contribution in [3.63, 3.8) is 0 Å². The van der Waals surface area contributed by atoms with Crippen LogP contribution in [0.1, 0.15) is 16.7 Å². The molecular formula is C18H15FN2O2. The molecule has 1 saturated heterocycles. The summed E-state index contributed by atoms with van der Waals surface area (Å²) >= 11 is 0. The number of amides is 3. The lowest BCUT2D eigenvalue weighted by molar-refractivity contribution is -0.123. The number of nitrogens with one attached hydrogen (secondary N) is 1. The zero-order chi connectivity index (χ0) is 16.4. The van der Waals surface area contributed by atoms with Crippen LogP contribution in [0, 0.1) is 12.7 Å². The van der Waals surface area contributed by atoms with Gasteiger partial charge in [0.05, 0.1) is 6.54 Å². The first-order chi connectivity index (χ1) is 11.0. The van der Waals surface area contributed by atoms with Crippen molar-refractivity contribution in [2.75, 3.05) is 0 Å². The number of carbonyl (C=O) groups is 2. The number of hydrogen-bond donors (Lipinski definition) is 1. The Morgan fingerprint density at radius 2 is 1.78 bits per heavy atom. The molecular weight excluding hydrogens is 295 g/mol. The zero-order valence-corrected chi connectivity index (χ0v) is 12.5. The van der Waals surface area contributed by atoms with Crippen LogP contribution in [0.5, 0.6) is 0 Å². The predicted molar refractivity (Wildman–Crippen MR) is 84.6 cm³/mol. The molecule has 1 aliphatic heterocycles. The van der Waals surface area contributed by atoms with Gasteiger partial charge in [-0.1, -0.05) is 48.0 Å². The van der Waals surface area contributed by atoms with Gasteiger partial charge in [-0.15, -0.1) is 0 Å². The topological polar surface area (TPSA) is 49.4 Å². The fourth-order valence-electron chi connectivity index (χ4n) is 2.34. The van der Waals surface area contributed by atoms with Crippen molar-refractivity contribution in [1.82, 2.24) is 10.2 Å². The fourth-order valence-corrected chi connectivity index (χ4v) is 2.34. The van der Waals surface area contributed by atoms with Gasteiger partial charge in [-0.05, 0) is 24.6 Å². The minimum atomic E-state index is -0.502. The van der Waals surface area contributed by atoms with Crippen LogP contribution in [0.4, 0.5) is 9.18 Å². The third kappa shape index (κ3) is 3.13. The van der Waals surface area contributed by atoms with E-state index in [1.807, 2.05) is 31.2 Å². The maximum atomic E-state index is 13.7. The van der Waals surface area contributed by atoms with Crippen molar-refractivity contribution in [3.8, 4) is 0 Å². The number of benzene rings is 2. The number of imide groups is 1. The maximum absolute atomic E-state index is 13.7. The summed E-state index contributed by atoms with van der Waals surface area (Å²) in [6.07, 6.45) is 1.35. The highest BCUT2D eigenvalue weighted by atomic mass is 19.1. The highest BCUT2D eigenvalue weighted by Gasteiger charge is 2.33. The fraction of sp³-hybridized carbons (Fsp3) is 0.111. The van der Waals surface area contributed by atoms with Gasteiger partial charge in [0.25, 0.3) is 5.91 Å². The summed E-state index contributed by atoms with van der Waals surface area (Å²) in [4.78, 5) is 25.5. The molecule has 0 saturated carbocycles. The Balaban J connectivity index is 1.82. The molecule has 1 aliphatic rings. The summed E-state index contributed by atoms with van der Waals surface area (Å²) in [5.41, 5.74) is 2.29. The molecule has 0 spiro atoms. The molecule has 1 heterocycles. The number of aryl methyl sites for hydroxylation is 1. The van der Waals surface area contributed by atoms with Crippen LogP contribution < -0.4 is 5.32 Å². The van der Waals surface area contributed by atoms with Gasteiger partial charge in [-0.2, -0.15) is 0 Å². The largest absolute Gasteiger partial charge is 0.329 e. The summed E-state index contributed by atoms with van der Waals surface area (Å²) in [5.74, 6) is -0.905. The van der Waals surface area contributed by atoms with E-state index in [9.17, 15) is 14.0 Å². The van der Waals surface area contributed by atoms with Crippen molar-refractivity contribution in [2.45, 2.75) is 13.5 Å². The first kappa shape index (κ1) is 15.0. The van der Waals surface area contributed by atoms with Crippen LogP contribution in [0.2, 0.25) is 0 Å². The first-order valence-electron chi connectivity index (χ1n) is 7.19. The van der Waals surface area contributed by atoms with Crippen LogP contribution in [0.15, 0.2) is 54.2 Å². The van der Waals surface area contributed by atoms with Crippen molar-refractivity contribution in [2.24, 2.45) is 0 Å². The van der Waals surface area contributed by atoms with E-state index < -0.39 is 17.8 Å². The van der Waals surface area contributed by atoms with E-state index >= 15 is 0 Å². The van der Waals surface area contributed by atoms with Crippen LogP contribution in [-0.4, -0.2) is 16.8 Å². The van der Waals surface area contributed by atoms with Crippen molar-refractivity contribution in [1.29, 1.82) is 0 Å². The summed E-state index contributed by atoms with van der Waals surface area (Å²) in [5, 5.41) is 2.49. The molecule has 3 rings (SSSR count). The molecule has 5 heteroatoms. The van der Waals surface area contributed by atoms with Gasteiger partial charge in [0, 0.05) is 5.56 Å². The number of rotatable bonds is 3. The minimum absolute atomic E-state index is 0.0761. The average Bonchev–Trinajstić information content (AvgIpc) is 2.79. The molecule has 1 fully saturated rings. The van der Waals surface area contributed by atoms with Crippen LogP contribution in [-0.2, 0) is 11.3 Å². The Morgan fingerprint density at radius 3 is 2.48 bits per heavy atom. The zero-order valence-electron chi connectivity index (χ0n) is 12.5. The average molecular weight is 310 g/mol. The lowest BCUT2D eigenvalue weighted by Gasteiger charge is -2.11. The molecule has 2 aromatic rings. The molecule has 0 radical (unpaired) electrons. The van der Waals surface area contributed by atoms with Crippen molar-refractivity contribution >= 4 is 18.0 Å². The van der Waals surface area contributed by atoms with E-state index in [0.29, 0.717) is 0 Å². The lowest BCUT2D eigenvalue weighted by atomic mass is 10.1. The van der Waals surface area contributed by atoms with E-state index in [1.165, 1.54) is 12.1 Å². The van der Waals surface area contributed by atoms with Crippen LogP contribution >= 0.6 is 0 Å². The Hall–Kier alpha value is -2.95. The second-order valence-corrected chi connectivity index (χ2v) is 5.39. The molecule has 0 aliphatic carbocycles. The van der Waals surface area contributed by atoms with E-state index in [1.54, 1.807) is 18.2 Å². The van der Waals surface area contributed by atoms with Crippen LogP contribution in [0.3, 0.4) is 0 Å². The normalized spacial score (nSPS) is 16.1.